The van der Waals surface area contributed by atoms with Gasteiger partial charge in [0.05, 0.1) is 12.0 Å². The van der Waals surface area contributed by atoms with Crippen molar-refractivity contribution >= 4 is 22.8 Å². The molecule has 1 unspecified atom stereocenters. The lowest BCUT2D eigenvalue weighted by atomic mass is 10.2. The van der Waals surface area contributed by atoms with E-state index in [0.29, 0.717) is 10.7 Å². The first-order valence-electron chi connectivity index (χ1n) is 4.65. The van der Waals surface area contributed by atoms with Crippen LogP contribution in [0.25, 0.3) is 0 Å². The average Bonchev–Trinajstić information content (AvgIpc) is 2.60. The Kier molecular flexibility index (Phi) is 4.51. The van der Waals surface area contributed by atoms with Gasteiger partial charge in [-0.15, -0.1) is 0 Å². The van der Waals surface area contributed by atoms with Crippen molar-refractivity contribution in [1.82, 2.24) is 15.3 Å². The molecule has 16 heavy (non-hydrogen) atoms. The number of hydrogen-bond donors (Lipinski definition) is 3. The summed E-state index contributed by atoms with van der Waals surface area (Å²) in [5.41, 5.74) is 0.585. The Morgan fingerprint density at radius 2 is 2.38 bits per heavy atom. The van der Waals surface area contributed by atoms with Crippen LogP contribution in [0.5, 0.6) is 0 Å². The van der Waals surface area contributed by atoms with Crippen molar-refractivity contribution in [3.05, 3.63) is 12.0 Å². The van der Waals surface area contributed by atoms with Gasteiger partial charge in [-0.1, -0.05) is 0 Å². The number of thioether (sulfide) groups is 1. The van der Waals surface area contributed by atoms with E-state index in [4.69, 9.17) is 5.11 Å². The Bertz CT molecular complexity index is 391. The monoisotopic (exact) mass is 243 g/mol. The molecule has 0 aliphatic rings. The number of aromatic nitrogens is 2. The molecule has 1 aromatic heterocycles. The summed E-state index contributed by atoms with van der Waals surface area (Å²) < 4.78 is 0. The van der Waals surface area contributed by atoms with E-state index in [2.05, 4.69) is 15.3 Å². The molecule has 88 valence electrons. The van der Waals surface area contributed by atoms with E-state index in [1.165, 1.54) is 13.3 Å². The number of rotatable bonds is 5. The highest BCUT2D eigenvalue weighted by molar-refractivity contribution is 8.13. The summed E-state index contributed by atoms with van der Waals surface area (Å²) in [4.78, 5) is 28.6. The first kappa shape index (κ1) is 12.7. The first-order chi connectivity index (χ1) is 7.54. The third-order valence-corrected chi connectivity index (χ3v) is 2.81. The predicted molar refractivity (Wildman–Crippen MR) is 59.3 cm³/mol. The van der Waals surface area contributed by atoms with Crippen LogP contribution in [-0.4, -0.2) is 39.2 Å². The first-order valence-corrected chi connectivity index (χ1v) is 5.47. The van der Waals surface area contributed by atoms with Crippen LogP contribution in [0.4, 0.5) is 0 Å². The number of aromatic amines is 1. The van der Waals surface area contributed by atoms with Gasteiger partial charge >= 0.3 is 5.97 Å². The lowest BCUT2D eigenvalue weighted by molar-refractivity contribution is -0.139. The second-order valence-corrected chi connectivity index (χ2v) is 4.34. The molecule has 0 spiro atoms. The van der Waals surface area contributed by atoms with Crippen molar-refractivity contribution in [3.8, 4) is 0 Å². The molecule has 1 atom stereocenters. The maximum absolute atomic E-state index is 10.9. The number of carboxylic acid groups (broad SMARTS) is 1. The molecule has 1 rings (SSSR count). The summed E-state index contributed by atoms with van der Waals surface area (Å²) >= 11 is 1.02. The fourth-order valence-corrected chi connectivity index (χ4v) is 1.85. The van der Waals surface area contributed by atoms with E-state index < -0.39 is 12.0 Å². The number of aliphatic carboxylic acids is 1. The van der Waals surface area contributed by atoms with E-state index >= 15 is 0 Å². The molecule has 0 amide bonds. The Morgan fingerprint density at radius 3 is 2.88 bits per heavy atom. The smallest absolute Gasteiger partial charge is 0.321 e. The van der Waals surface area contributed by atoms with Crippen molar-refractivity contribution in [3.63, 3.8) is 0 Å². The van der Waals surface area contributed by atoms with Gasteiger partial charge in [-0.2, -0.15) is 0 Å². The normalized spacial score (nSPS) is 12.4. The third kappa shape index (κ3) is 3.35. The van der Waals surface area contributed by atoms with Gasteiger partial charge in [-0.3, -0.25) is 9.59 Å². The van der Waals surface area contributed by atoms with Crippen LogP contribution < -0.4 is 5.32 Å². The van der Waals surface area contributed by atoms with Gasteiger partial charge in [0, 0.05) is 13.3 Å². The lowest BCUT2D eigenvalue weighted by Crippen LogP contribution is -2.36. The van der Waals surface area contributed by atoms with Gasteiger partial charge in [0.2, 0.25) is 0 Å². The highest BCUT2D eigenvalue weighted by atomic mass is 32.2. The van der Waals surface area contributed by atoms with Crippen molar-refractivity contribution < 1.29 is 14.7 Å². The summed E-state index contributed by atoms with van der Waals surface area (Å²) in [6.45, 7) is 1.45. The van der Waals surface area contributed by atoms with E-state index in [1.807, 2.05) is 0 Å². The third-order valence-electron chi connectivity index (χ3n) is 1.97. The minimum absolute atomic E-state index is 0.0677. The number of nitrogens with one attached hydrogen (secondary N) is 2. The van der Waals surface area contributed by atoms with Crippen molar-refractivity contribution in [2.75, 3.05) is 7.05 Å². The van der Waals surface area contributed by atoms with E-state index in [9.17, 15) is 9.59 Å². The minimum Gasteiger partial charge on any atom is -0.480 e. The number of H-pyrrole nitrogens is 1. The zero-order chi connectivity index (χ0) is 12.1. The Balaban J connectivity index is 2.76. The largest absolute Gasteiger partial charge is 0.480 e. The van der Waals surface area contributed by atoms with Crippen LogP contribution in [0.1, 0.15) is 12.6 Å². The molecule has 3 N–H and O–H groups in total. The highest BCUT2D eigenvalue weighted by Crippen LogP contribution is 2.20. The van der Waals surface area contributed by atoms with E-state index in [-0.39, 0.29) is 11.5 Å². The summed E-state index contributed by atoms with van der Waals surface area (Å²) in [5, 5.41) is 12.1. The highest BCUT2D eigenvalue weighted by Gasteiger charge is 2.19. The van der Waals surface area contributed by atoms with Gasteiger partial charge in [0.25, 0.3) is 0 Å². The standard InChI is InChI=1S/C9H13N3O3S/c1-5(13)16-8-6(11-4-12-8)3-7(10-2)9(14)15/h4,7,10H,3H2,1-2H3,(H,11,12)(H,14,15). The molecule has 6 nitrogen and oxygen atoms in total. The summed E-state index contributed by atoms with van der Waals surface area (Å²) in [6.07, 6.45) is 1.69. The van der Waals surface area contributed by atoms with Crippen LogP contribution >= 0.6 is 11.8 Å². The number of carbonyl (C=O) groups is 2. The maximum atomic E-state index is 10.9. The van der Waals surface area contributed by atoms with Crippen molar-refractivity contribution in [1.29, 1.82) is 0 Å². The SMILES string of the molecule is CNC(Cc1nc[nH]c1SC(C)=O)C(=O)O. The molecule has 1 aromatic rings. The molecular weight excluding hydrogens is 230 g/mol. The summed E-state index contributed by atoms with van der Waals surface area (Å²) in [7, 11) is 1.57. The van der Waals surface area contributed by atoms with Crippen LogP contribution in [0.3, 0.4) is 0 Å². The lowest BCUT2D eigenvalue weighted by Gasteiger charge is -2.09. The molecule has 1 heterocycles. The number of nitrogens with zero attached hydrogens (tertiary/aromatic N) is 1. The molecule has 0 bridgehead atoms. The summed E-state index contributed by atoms with van der Waals surface area (Å²) in [5.74, 6) is -0.940. The fraction of sp³-hybridized carbons (Fsp3) is 0.444. The minimum atomic E-state index is -0.940. The van der Waals surface area contributed by atoms with Crippen LogP contribution in [0, 0.1) is 0 Å². The maximum Gasteiger partial charge on any atom is 0.321 e. The second-order valence-electron chi connectivity index (χ2n) is 3.16. The number of carbonyl (C=O) groups excluding carboxylic acids is 1. The Labute approximate surface area is 96.8 Å². The number of carboxylic acids is 1. The van der Waals surface area contributed by atoms with Gasteiger partial charge in [0.1, 0.15) is 11.1 Å². The van der Waals surface area contributed by atoms with Gasteiger partial charge in [-0.05, 0) is 18.8 Å². The molecule has 0 fully saturated rings. The molecule has 7 heteroatoms. The molecule has 0 aromatic carbocycles. The van der Waals surface area contributed by atoms with Gasteiger partial charge in [-0.25, -0.2) is 4.98 Å². The summed E-state index contributed by atoms with van der Waals surface area (Å²) in [6, 6.07) is -0.699. The molecule has 0 radical (unpaired) electrons. The van der Waals surface area contributed by atoms with Crippen LogP contribution in [0.15, 0.2) is 11.4 Å². The molecule has 0 aliphatic carbocycles. The number of hydrogen-bond acceptors (Lipinski definition) is 5. The second kappa shape index (κ2) is 5.66. The Morgan fingerprint density at radius 1 is 1.69 bits per heavy atom. The van der Waals surface area contributed by atoms with E-state index in [0.717, 1.165) is 11.8 Å². The van der Waals surface area contributed by atoms with Crippen molar-refractivity contribution in [2.45, 2.75) is 24.4 Å². The topological polar surface area (TPSA) is 95.1 Å². The predicted octanol–water partition coefficient (Wildman–Crippen LogP) is 0.263. The van der Waals surface area contributed by atoms with Crippen LogP contribution in [-0.2, 0) is 16.0 Å². The van der Waals surface area contributed by atoms with Crippen molar-refractivity contribution in [2.24, 2.45) is 0 Å². The zero-order valence-corrected chi connectivity index (χ0v) is 9.80. The fourth-order valence-electron chi connectivity index (χ4n) is 1.19. The van der Waals surface area contributed by atoms with Gasteiger partial charge < -0.3 is 15.4 Å². The molecular formula is C9H13N3O3S. The molecule has 0 saturated heterocycles. The van der Waals surface area contributed by atoms with Gasteiger partial charge in [0.15, 0.2) is 5.12 Å². The average molecular weight is 243 g/mol. The quantitative estimate of drug-likeness (QED) is 0.642. The number of likely N-dealkylation sites (N-methyl/N-ethyl adjacent to an activating group) is 1. The molecule has 0 saturated carbocycles. The molecule has 0 aliphatic heterocycles. The number of imidazole rings is 1. The Hall–Kier alpha value is -1.34. The van der Waals surface area contributed by atoms with E-state index in [1.54, 1.807) is 7.05 Å². The zero-order valence-electron chi connectivity index (χ0n) is 8.98. The van der Waals surface area contributed by atoms with Crippen LogP contribution in [0.2, 0.25) is 0 Å².